The number of hydrogen-bond donors (Lipinski definition) is 2. The maximum absolute atomic E-state index is 11.8. The van der Waals surface area contributed by atoms with Gasteiger partial charge in [0.25, 0.3) is 0 Å². The number of nitriles is 1. The van der Waals surface area contributed by atoms with Gasteiger partial charge in [0.05, 0.1) is 11.3 Å². The highest BCUT2D eigenvalue weighted by molar-refractivity contribution is 5.85. The van der Waals surface area contributed by atoms with Crippen LogP contribution in [-0.4, -0.2) is 18.0 Å². The van der Waals surface area contributed by atoms with Gasteiger partial charge in [-0.3, -0.25) is 4.79 Å². The van der Waals surface area contributed by atoms with E-state index in [0.29, 0.717) is 11.6 Å². The molecule has 1 aliphatic rings. The van der Waals surface area contributed by atoms with E-state index in [-0.39, 0.29) is 11.9 Å². The summed E-state index contributed by atoms with van der Waals surface area (Å²) in [5, 5.41) is 15.1. The molecular weight excluding hydrogens is 226 g/mol. The Kier molecular flexibility index (Phi) is 3.52. The molecule has 4 nitrogen and oxygen atoms in total. The number of benzene rings is 1. The molecule has 0 saturated heterocycles. The van der Waals surface area contributed by atoms with Gasteiger partial charge in [-0.05, 0) is 44.4 Å². The van der Waals surface area contributed by atoms with E-state index in [2.05, 4.69) is 16.7 Å². The molecule has 0 aromatic heterocycles. The topological polar surface area (TPSA) is 64.9 Å². The van der Waals surface area contributed by atoms with Crippen molar-refractivity contribution < 1.29 is 4.79 Å². The summed E-state index contributed by atoms with van der Waals surface area (Å²) in [6.07, 6.45) is 2.15. The maximum Gasteiger partial charge on any atom is 0.242 e. The number of anilines is 1. The van der Waals surface area contributed by atoms with Gasteiger partial charge in [-0.25, -0.2) is 0 Å². The van der Waals surface area contributed by atoms with Crippen LogP contribution in [-0.2, 0) is 4.79 Å². The van der Waals surface area contributed by atoms with Crippen molar-refractivity contribution in [2.45, 2.75) is 38.8 Å². The second-order valence-electron chi connectivity index (χ2n) is 4.81. The van der Waals surface area contributed by atoms with E-state index in [9.17, 15) is 4.79 Å². The zero-order valence-electron chi connectivity index (χ0n) is 10.7. The van der Waals surface area contributed by atoms with E-state index in [1.807, 2.05) is 19.1 Å². The van der Waals surface area contributed by atoms with Gasteiger partial charge in [0, 0.05) is 6.04 Å². The average Bonchev–Trinajstić information content (AvgIpc) is 3.13. The van der Waals surface area contributed by atoms with Gasteiger partial charge in [-0.15, -0.1) is 0 Å². The zero-order chi connectivity index (χ0) is 13.1. The largest absolute Gasteiger partial charge is 0.373 e. The lowest BCUT2D eigenvalue weighted by atomic mass is 10.1. The predicted molar refractivity (Wildman–Crippen MR) is 70.1 cm³/mol. The number of carbonyl (C=O) groups is 1. The quantitative estimate of drug-likeness (QED) is 0.849. The van der Waals surface area contributed by atoms with Gasteiger partial charge >= 0.3 is 0 Å². The lowest BCUT2D eigenvalue weighted by molar-refractivity contribution is -0.121. The fraction of sp³-hybridized carbons (Fsp3) is 0.429. The van der Waals surface area contributed by atoms with Crippen LogP contribution in [0.4, 0.5) is 5.69 Å². The molecule has 1 aromatic carbocycles. The molecule has 1 saturated carbocycles. The highest BCUT2D eigenvalue weighted by atomic mass is 16.2. The van der Waals surface area contributed by atoms with E-state index in [4.69, 9.17) is 5.26 Å². The van der Waals surface area contributed by atoms with E-state index >= 15 is 0 Å². The van der Waals surface area contributed by atoms with Crippen molar-refractivity contribution in [3.63, 3.8) is 0 Å². The second-order valence-corrected chi connectivity index (χ2v) is 4.81. The third-order valence-corrected chi connectivity index (χ3v) is 2.98. The van der Waals surface area contributed by atoms with Gasteiger partial charge < -0.3 is 10.6 Å². The highest BCUT2D eigenvalue weighted by Gasteiger charge is 2.25. The first-order valence-electron chi connectivity index (χ1n) is 6.18. The van der Waals surface area contributed by atoms with E-state index in [1.54, 1.807) is 13.0 Å². The highest BCUT2D eigenvalue weighted by Crippen LogP contribution is 2.20. The minimum atomic E-state index is -0.334. The third-order valence-electron chi connectivity index (χ3n) is 2.98. The minimum Gasteiger partial charge on any atom is -0.373 e. The van der Waals surface area contributed by atoms with Crippen LogP contribution in [0.5, 0.6) is 0 Å². The van der Waals surface area contributed by atoms with Crippen LogP contribution in [0, 0.1) is 18.3 Å². The molecule has 1 fully saturated rings. The second kappa shape index (κ2) is 5.09. The summed E-state index contributed by atoms with van der Waals surface area (Å²) in [5.41, 5.74) is 2.34. The van der Waals surface area contributed by atoms with Gasteiger partial charge in [-0.1, -0.05) is 6.07 Å². The lowest BCUT2D eigenvalue weighted by Crippen LogP contribution is -2.38. The molecule has 1 unspecified atom stereocenters. The van der Waals surface area contributed by atoms with Gasteiger partial charge in [0.2, 0.25) is 5.91 Å². The van der Waals surface area contributed by atoms with Crippen LogP contribution in [0.1, 0.15) is 30.9 Å². The summed E-state index contributed by atoms with van der Waals surface area (Å²) in [5.74, 6) is -0.0112. The van der Waals surface area contributed by atoms with Crippen LogP contribution in [0.2, 0.25) is 0 Å². The number of nitrogens with zero attached hydrogens (tertiary/aromatic N) is 1. The van der Waals surface area contributed by atoms with E-state index in [0.717, 1.165) is 24.1 Å². The van der Waals surface area contributed by atoms with E-state index < -0.39 is 0 Å². The zero-order valence-corrected chi connectivity index (χ0v) is 10.7. The summed E-state index contributed by atoms with van der Waals surface area (Å²) < 4.78 is 0. The van der Waals surface area contributed by atoms with Gasteiger partial charge in [0.1, 0.15) is 12.1 Å². The first-order chi connectivity index (χ1) is 8.60. The average molecular weight is 243 g/mol. The Bertz CT molecular complexity index is 500. The number of rotatable bonds is 4. The number of aryl methyl sites for hydroxylation is 1. The predicted octanol–water partition coefficient (Wildman–Crippen LogP) is 1.95. The molecule has 0 heterocycles. The van der Waals surface area contributed by atoms with Crippen molar-refractivity contribution >= 4 is 11.6 Å². The maximum atomic E-state index is 11.8. The van der Waals surface area contributed by atoms with Gasteiger partial charge in [0.15, 0.2) is 0 Å². The van der Waals surface area contributed by atoms with Crippen LogP contribution < -0.4 is 10.6 Å². The summed E-state index contributed by atoms with van der Waals surface area (Å²) in [6.45, 7) is 3.77. The number of hydrogen-bond acceptors (Lipinski definition) is 3. The summed E-state index contributed by atoms with van der Waals surface area (Å²) in [6, 6.07) is 7.69. The number of amides is 1. The van der Waals surface area contributed by atoms with Crippen LogP contribution in [0.15, 0.2) is 18.2 Å². The molecule has 1 atom stereocenters. The van der Waals surface area contributed by atoms with Crippen LogP contribution in [0.3, 0.4) is 0 Å². The molecule has 18 heavy (non-hydrogen) atoms. The van der Waals surface area contributed by atoms with E-state index in [1.165, 1.54) is 0 Å². The molecule has 0 radical (unpaired) electrons. The molecule has 0 spiro atoms. The van der Waals surface area contributed by atoms with Crippen molar-refractivity contribution in [3.05, 3.63) is 29.3 Å². The first-order valence-corrected chi connectivity index (χ1v) is 6.18. The molecule has 0 aliphatic heterocycles. The molecule has 1 aromatic rings. The Morgan fingerprint density at radius 2 is 2.22 bits per heavy atom. The lowest BCUT2D eigenvalue weighted by Gasteiger charge is -2.16. The third kappa shape index (κ3) is 3.01. The molecule has 94 valence electrons. The van der Waals surface area contributed by atoms with Crippen LogP contribution >= 0.6 is 0 Å². The Morgan fingerprint density at radius 1 is 1.50 bits per heavy atom. The fourth-order valence-corrected chi connectivity index (χ4v) is 1.73. The Balaban J connectivity index is 2.05. The van der Waals surface area contributed by atoms with Crippen molar-refractivity contribution in [2.75, 3.05) is 5.32 Å². The minimum absolute atomic E-state index is 0.0112. The first kappa shape index (κ1) is 12.4. The molecule has 2 rings (SSSR count). The van der Waals surface area contributed by atoms with Crippen molar-refractivity contribution in [3.8, 4) is 6.07 Å². The fourth-order valence-electron chi connectivity index (χ4n) is 1.73. The van der Waals surface area contributed by atoms with Crippen molar-refractivity contribution in [1.29, 1.82) is 5.26 Å². The summed E-state index contributed by atoms with van der Waals surface area (Å²) in [4.78, 5) is 11.8. The Labute approximate surface area is 107 Å². The smallest absolute Gasteiger partial charge is 0.242 e. The SMILES string of the molecule is Cc1ccc(C#N)c(NC(C)C(=O)NC2CC2)c1. The normalized spacial score (nSPS) is 15.6. The number of nitrogens with one attached hydrogen (secondary N) is 2. The van der Waals surface area contributed by atoms with Gasteiger partial charge in [-0.2, -0.15) is 5.26 Å². The van der Waals surface area contributed by atoms with Crippen LogP contribution in [0.25, 0.3) is 0 Å². The molecule has 1 amide bonds. The molecule has 1 aliphatic carbocycles. The summed E-state index contributed by atoms with van der Waals surface area (Å²) in [7, 11) is 0. The Hall–Kier alpha value is -2.02. The molecule has 0 bridgehead atoms. The Morgan fingerprint density at radius 3 is 2.83 bits per heavy atom. The number of carbonyl (C=O) groups excluding carboxylic acids is 1. The van der Waals surface area contributed by atoms with Crippen molar-refractivity contribution in [2.24, 2.45) is 0 Å². The van der Waals surface area contributed by atoms with Crippen molar-refractivity contribution in [1.82, 2.24) is 5.32 Å². The molecular formula is C14H17N3O. The molecule has 2 N–H and O–H groups in total. The standard InChI is InChI=1S/C14H17N3O/c1-9-3-4-11(8-15)13(7-9)16-10(2)14(18)17-12-5-6-12/h3-4,7,10,12,16H,5-6H2,1-2H3,(H,17,18). The summed E-state index contributed by atoms with van der Waals surface area (Å²) >= 11 is 0. The monoisotopic (exact) mass is 243 g/mol. The molecule has 4 heteroatoms.